The van der Waals surface area contributed by atoms with Gasteiger partial charge in [0.05, 0.1) is 48.3 Å². The standard InChI is InChI=1S/C22H29N5O3/c1-4-29-9-8-19-21(25-15(3)14(2)24-19)22(28)26-17-7-10-30-20(11-17)16-12-23-27(13-16)18-5-6-18/h8-9,12-13,17-18,20H,4-7,10-11H2,1-3H3,(H,26,28)/b9-8+/t17-,20+/m0/s1. The molecule has 3 heterocycles. The van der Waals surface area contributed by atoms with Crippen molar-refractivity contribution >= 4 is 12.0 Å². The largest absolute Gasteiger partial charge is 0.501 e. The van der Waals surface area contributed by atoms with Gasteiger partial charge in [-0.05, 0) is 46.5 Å². The Kier molecular flexibility index (Phi) is 6.13. The van der Waals surface area contributed by atoms with Crippen molar-refractivity contribution in [3.63, 3.8) is 0 Å². The zero-order valence-electron chi connectivity index (χ0n) is 17.8. The summed E-state index contributed by atoms with van der Waals surface area (Å²) in [5, 5.41) is 7.59. The van der Waals surface area contributed by atoms with Crippen molar-refractivity contribution in [1.29, 1.82) is 0 Å². The Morgan fingerprint density at radius 1 is 1.30 bits per heavy atom. The molecule has 0 bridgehead atoms. The van der Waals surface area contributed by atoms with E-state index in [4.69, 9.17) is 9.47 Å². The minimum atomic E-state index is -0.221. The van der Waals surface area contributed by atoms with E-state index >= 15 is 0 Å². The van der Waals surface area contributed by atoms with Gasteiger partial charge in [0.2, 0.25) is 0 Å². The molecule has 1 saturated heterocycles. The fourth-order valence-corrected chi connectivity index (χ4v) is 3.58. The number of aromatic nitrogens is 4. The van der Waals surface area contributed by atoms with Crippen molar-refractivity contribution in [1.82, 2.24) is 25.1 Å². The molecule has 2 fully saturated rings. The van der Waals surface area contributed by atoms with Crippen LogP contribution in [0.1, 0.15) is 77.9 Å². The van der Waals surface area contributed by atoms with Gasteiger partial charge in [-0.1, -0.05) is 0 Å². The zero-order valence-corrected chi connectivity index (χ0v) is 17.8. The van der Waals surface area contributed by atoms with E-state index in [0.717, 1.165) is 23.4 Å². The van der Waals surface area contributed by atoms with Crippen molar-refractivity contribution in [2.24, 2.45) is 0 Å². The summed E-state index contributed by atoms with van der Waals surface area (Å²) in [6.07, 6.45) is 11.0. The van der Waals surface area contributed by atoms with Crippen LogP contribution in [0.2, 0.25) is 0 Å². The number of nitrogens with one attached hydrogen (secondary N) is 1. The van der Waals surface area contributed by atoms with E-state index in [9.17, 15) is 4.79 Å². The first kappa shape index (κ1) is 20.5. The van der Waals surface area contributed by atoms with Gasteiger partial charge in [-0.25, -0.2) is 9.97 Å². The average Bonchev–Trinajstić information content (AvgIpc) is 3.47. The van der Waals surface area contributed by atoms with Crippen LogP contribution in [-0.2, 0) is 9.47 Å². The molecule has 0 aromatic carbocycles. The van der Waals surface area contributed by atoms with E-state index in [2.05, 4.69) is 26.6 Å². The van der Waals surface area contributed by atoms with Gasteiger partial charge in [-0.3, -0.25) is 9.48 Å². The molecule has 0 radical (unpaired) electrons. The van der Waals surface area contributed by atoms with Crippen molar-refractivity contribution < 1.29 is 14.3 Å². The minimum Gasteiger partial charge on any atom is -0.501 e. The Balaban J connectivity index is 1.45. The Labute approximate surface area is 176 Å². The maximum Gasteiger partial charge on any atom is 0.272 e. The molecule has 30 heavy (non-hydrogen) atoms. The van der Waals surface area contributed by atoms with Crippen molar-refractivity contribution in [2.45, 2.75) is 64.6 Å². The quantitative estimate of drug-likeness (QED) is 0.703. The number of aryl methyl sites for hydroxylation is 2. The SMILES string of the molecule is CCO/C=C/c1nc(C)c(C)nc1C(=O)N[C@H]1CCO[C@@H](c2cnn(C3CC3)c2)C1. The molecular weight excluding hydrogens is 382 g/mol. The summed E-state index contributed by atoms with van der Waals surface area (Å²) in [5.74, 6) is -0.221. The Bertz CT molecular complexity index is 935. The second-order valence-electron chi connectivity index (χ2n) is 7.93. The fourth-order valence-electron chi connectivity index (χ4n) is 3.58. The molecule has 1 saturated carbocycles. The number of amides is 1. The van der Waals surface area contributed by atoms with Crippen LogP contribution in [0.15, 0.2) is 18.7 Å². The third kappa shape index (κ3) is 4.70. The highest BCUT2D eigenvalue weighted by atomic mass is 16.5. The summed E-state index contributed by atoms with van der Waals surface area (Å²) in [4.78, 5) is 22.0. The molecule has 1 aliphatic heterocycles. The van der Waals surface area contributed by atoms with Crippen LogP contribution in [0.4, 0.5) is 0 Å². The van der Waals surface area contributed by atoms with Gasteiger partial charge in [0.25, 0.3) is 5.91 Å². The van der Waals surface area contributed by atoms with Crippen LogP contribution in [0.25, 0.3) is 6.08 Å². The van der Waals surface area contributed by atoms with Crippen molar-refractivity contribution in [3.8, 4) is 0 Å². The molecule has 4 rings (SSSR count). The van der Waals surface area contributed by atoms with Gasteiger partial charge in [0.1, 0.15) is 0 Å². The lowest BCUT2D eigenvalue weighted by Crippen LogP contribution is -2.40. The third-order valence-electron chi connectivity index (χ3n) is 5.57. The molecule has 1 aliphatic carbocycles. The first-order valence-corrected chi connectivity index (χ1v) is 10.6. The van der Waals surface area contributed by atoms with Crippen LogP contribution in [0.5, 0.6) is 0 Å². The maximum absolute atomic E-state index is 13.0. The van der Waals surface area contributed by atoms with E-state index in [0.29, 0.717) is 37.1 Å². The Morgan fingerprint density at radius 2 is 2.10 bits per heavy atom. The summed E-state index contributed by atoms with van der Waals surface area (Å²) >= 11 is 0. The second-order valence-corrected chi connectivity index (χ2v) is 7.93. The molecule has 0 unspecified atom stereocenters. The van der Waals surface area contributed by atoms with Gasteiger partial charge in [0, 0.05) is 30.5 Å². The molecule has 1 N–H and O–H groups in total. The first-order valence-electron chi connectivity index (χ1n) is 10.6. The van der Waals surface area contributed by atoms with Crippen LogP contribution < -0.4 is 5.32 Å². The van der Waals surface area contributed by atoms with Crippen LogP contribution in [-0.4, -0.2) is 44.9 Å². The third-order valence-corrected chi connectivity index (χ3v) is 5.57. The number of hydrogen-bond donors (Lipinski definition) is 1. The lowest BCUT2D eigenvalue weighted by molar-refractivity contribution is 0.000812. The first-order chi connectivity index (χ1) is 14.5. The summed E-state index contributed by atoms with van der Waals surface area (Å²) < 4.78 is 13.3. The highest BCUT2D eigenvalue weighted by Crippen LogP contribution is 2.36. The molecular formula is C22H29N5O3. The van der Waals surface area contributed by atoms with Crippen LogP contribution >= 0.6 is 0 Å². The molecule has 0 spiro atoms. The number of carbonyl (C=O) groups is 1. The van der Waals surface area contributed by atoms with Gasteiger partial charge in [0.15, 0.2) is 5.69 Å². The number of nitrogens with zero attached hydrogens (tertiary/aromatic N) is 4. The Hall–Kier alpha value is -2.74. The number of hydrogen-bond acceptors (Lipinski definition) is 6. The van der Waals surface area contributed by atoms with E-state index in [1.165, 1.54) is 12.8 Å². The van der Waals surface area contributed by atoms with Crippen molar-refractivity contribution in [2.75, 3.05) is 13.2 Å². The van der Waals surface area contributed by atoms with Gasteiger partial charge in [-0.2, -0.15) is 5.10 Å². The lowest BCUT2D eigenvalue weighted by Gasteiger charge is -2.29. The molecule has 2 aromatic heterocycles. The zero-order chi connectivity index (χ0) is 21.1. The normalized spacial score (nSPS) is 21.7. The molecule has 160 valence electrons. The molecule has 2 aromatic rings. The number of carbonyl (C=O) groups excluding carboxylic acids is 1. The van der Waals surface area contributed by atoms with Gasteiger partial charge < -0.3 is 14.8 Å². The van der Waals surface area contributed by atoms with E-state index < -0.39 is 0 Å². The molecule has 8 nitrogen and oxygen atoms in total. The molecule has 8 heteroatoms. The van der Waals surface area contributed by atoms with E-state index in [-0.39, 0.29) is 18.1 Å². The van der Waals surface area contributed by atoms with E-state index in [1.807, 2.05) is 31.6 Å². The monoisotopic (exact) mass is 411 g/mol. The second kappa shape index (κ2) is 8.95. The maximum atomic E-state index is 13.0. The topological polar surface area (TPSA) is 91.2 Å². The van der Waals surface area contributed by atoms with Gasteiger partial charge in [-0.15, -0.1) is 0 Å². The Morgan fingerprint density at radius 3 is 2.87 bits per heavy atom. The summed E-state index contributed by atoms with van der Waals surface area (Å²) in [7, 11) is 0. The minimum absolute atomic E-state index is 0.00709. The van der Waals surface area contributed by atoms with Crippen molar-refractivity contribution in [3.05, 3.63) is 47.0 Å². The summed E-state index contributed by atoms with van der Waals surface area (Å²) in [6, 6.07) is 0.553. The van der Waals surface area contributed by atoms with E-state index in [1.54, 1.807) is 12.3 Å². The summed E-state index contributed by atoms with van der Waals surface area (Å²) in [5.41, 5.74) is 3.44. The number of ether oxygens (including phenoxy) is 2. The molecule has 2 aliphatic rings. The lowest BCUT2D eigenvalue weighted by atomic mass is 9.99. The fraction of sp³-hybridized carbons (Fsp3) is 0.545. The predicted octanol–water partition coefficient (Wildman–Crippen LogP) is 3.28. The van der Waals surface area contributed by atoms with Crippen LogP contribution in [0.3, 0.4) is 0 Å². The smallest absolute Gasteiger partial charge is 0.272 e. The molecule has 2 atom stereocenters. The summed E-state index contributed by atoms with van der Waals surface area (Å²) in [6.45, 7) is 6.79. The van der Waals surface area contributed by atoms with Gasteiger partial charge >= 0.3 is 0 Å². The highest BCUT2D eigenvalue weighted by molar-refractivity contribution is 5.95. The predicted molar refractivity (Wildman–Crippen MR) is 112 cm³/mol. The average molecular weight is 412 g/mol. The van der Waals surface area contributed by atoms with Crippen LogP contribution in [0, 0.1) is 13.8 Å². The number of rotatable bonds is 7. The highest BCUT2D eigenvalue weighted by Gasteiger charge is 2.29. The molecule has 1 amide bonds.